The second kappa shape index (κ2) is 9.11. The minimum Gasteiger partial charge on any atom is -0.497 e. The Morgan fingerprint density at radius 2 is 1.97 bits per heavy atom. The SMILES string of the molecule is COc1ccc(C[C@@H](NC(=O)Nc2ccon2)c2nc3ccccc3[nH]2)cc1.Cl. The van der Waals surface area contributed by atoms with Crippen LogP contribution in [0.25, 0.3) is 11.0 Å². The van der Waals surface area contributed by atoms with Gasteiger partial charge in [0.1, 0.15) is 17.8 Å². The third-order valence-corrected chi connectivity index (χ3v) is 4.32. The zero-order valence-corrected chi connectivity index (χ0v) is 16.4. The first kappa shape index (κ1) is 20.2. The Labute approximate surface area is 173 Å². The van der Waals surface area contributed by atoms with E-state index in [0.29, 0.717) is 18.1 Å². The summed E-state index contributed by atoms with van der Waals surface area (Å²) in [7, 11) is 1.63. The summed E-state index contributed by atoms with van der Waals surface area (Å²) in [5.41, 5.74) is 2.79. The average Bonchev–Trinajstić information content (AvgIpc) is 3.37. The Morgan fingerprint density at radius 1 is 1.17 bits per heavy atom. The maximum absolute atomic E-state index is 12.4. The lowest BCUT2D eigenvalue weighted by Crippen LogP contribution is -2.34. The number of amides is 2. The molecular formula is C20H20ClN5O3. The van der Waals surface area contributed by atoms with Crippen LogP contribution in [0.3, 0.4) is 0 Å². The minimum absolute atomic E-state index is 0. The molecule has 0 fully saturated rings. The molecular weight excluding hydrogens is 394 g/mol. The summed E-state index contributed by atoms with van der Waals surface area (Å²) in [4.78, 5) is 20.4. The van der Waals surface area contributed by atoms with E-state index in [1.165, 1.54) is 6.26 Å². The number of benzene rings is 2. The normalized spacial score (nSPS) is 11.5. The molecule has 0 radical (unpaired) electrons. The number of aromatic amines is 1. The van der Waals surface area contributed by atoms with Gasteiger partial charge in [0.2, 0.25) is 0 Å². The number of imidazole rings is 1. The van der Waals surface area contributed by atoms with E-state index in [2.05, 4.69) is 25.8 Å². The van der Waals surface area contributed by atoms with Crippen LogP contribution in [0.4, 0.5) is 10.6 Å². The summed E-state index contributed by atoms with van der Waals surface area (Å²) in [6.07, 6.45) is 1.94. The number of rotatable bonds is 6. The van der Waals surface area contributed by atoms with Crippen LogP contribution in [0.15, 0.2) is 65.4 Å². The quantitative estimate of drug-likeness (QED) is 0.441. The van der Waals surface area contributed by atoms with Gasteiger partial charge < -0.3 is 19.6 Å². The molecule has 0 saturated heterocycles. The van der Waals surface area contributed by atoms with E-state index in [1.807, 2.05) is 48.5 Å². The van der Waals surface area contributed by atoms with Gasteiger partial charge in [0.15, 0.2) is 5.82 Å². The van der Waals surface area contributed by atoms with E-state index in [-0.39, 0.29) is 18.4 Å². The van der Waals surface area contributed by atoms with Crippen molar-refractivity contribution in [3.63, 3.8) is 0 Å². The Morgan fingerprint density at radius 3 is 2.66 bits per heavy atom. The zero-order valence-electron chi connectivity index (χ0n) is 15.6. The zero-order chi connectivity index (χ0) is 19.3. The number of aromatic nitrogens is 3. The molecule has 0 aliphatic heterocycles. The largest absolute Gasteiger partial charge is 0.497 e. The van der Waals surface area contributed by atoms with E-state index in [9.17, 15) is 4.79 Å². The van der Waals surface area contributed by atoms with Gasteiger partial charge in [-0.3, -0.25) is 5.32 Å². The van der Waals surface area contributed by atoms with Crippen LogP contribution in [-0.4, -0.2) is 28.3 Å². The molecule has 4 rings (SSSR count). The Bertz CT molecular complexity index is 1030. The van der Waals surface area contributed by atoms with Crippen molar-refractivity contribution in [3.05, 3.63) is 72.2 Å². The van der Waals surface area contributed by atoms with E-state index in [4.69, 9.17) is 9.26 Å². The van der Waals surface area contributed by atoms with Crippen LogP contribution in [0.1, 0.15) is 17.4 Å². The lowest BCUT2D eigenvalue weighted by Gasteiger charge is -2.17. The topological polar surface area (TPSA) is 105 Å². The van der Waals surface area contributed by atoms with Gasteiger partial charge in [-0.2, -0.15) is 0 Å². The molecule has 0 bridgehead atoms. The fourth-order valence-corrected chi connectivity index (χ4v) is 2.94. The van der Waals surface area contributed by atoms with Crippen molar-refractivity contribution in [2.24, 2.45) is 0 Å². The molecule has 3 N–H and O–H groups in total. The highest BCUT2D eigenvalue weighted by atomic mass is 35.5. The molecule has 0 unspecified atom stereocenters. The predicted octanol–water partition coefficient (Wildman–Crippen LogP) is 4.09. The molecule has 2 heterocycles. The monoisotopic (exact) mass is 413 g/mol. The summed E-state index contributed by atoms with van der Waals surface area (Å²) in [6.45, 7) is 0. The first-order valence-corrected chi connectivity index (χ1v) is 8.77. The van der Waals surface area contributed by atoms with Crippen LogP contribution < -0.4 is 15.4 Å². The van der Waals surface area contributed by atoms with Crippen molar-refractivity contribution in [1.29, 1.82) is 0 Å². The highest BCUT2D eigenvalue weighted by Crippen LogP contribution is 2.21. The number of para-hydroxylation sites is 2. The molecule has 2 amide bonds. The number of fused-ring (bicyclic) bond motifs is 1. The Hall–Kier alpha value is -3.52. The number of H-pyrrole nitrogens is 1. The highest BCUT2D eigenvalue weighted by Gasteiger charge is 2.20. The first-order valence-electron chi connectivity index (χ1n) is 8.77. The fraction of sp³-hybridized carbons (Fsp3) is 0.150. The number of methoxy groups -OCH3 is 1. The van der Waals surface area contributed by atoms with Crippen molar-refractivity contribution in [2.75, 3.05) is 12.4 Å². The molecule has 29 heavy (non-hydrogen) atoms. The Kier molecular flexibility index (Phi) is 6.36. The van der Waals surface area contributed by atoms with Gasteiger partial charge in [0, 0.05) is 6.07 Å². The molecule has 0 spiro atoms. The summed E-state index contributed by atoms with van der Waals surface area (Å²) in [6, 6.07) is 16.3. The highest BCUT2D eigenvalue weighted by molar-refractivity contribution is 5.88. The smallest absolute Gasteiger partial charge is 0.321 e. The van der Waals surface area contributed by atoms with Crippen molar-refractivity contribution in [1.82, 2.24) is 20.4 Å². The summed E-state index contributed by atoms with van der Waals surface area (Å²) < 4.78 is 9.95. The van der Waals surface area contributed by atoms with Crippen molar-refractivity contribution in [2.45, 2.75) is 12.5 Å². The lowest BCUT2D eigenvalue weighted by molar-refractivity contribution is 0.247. The molecule has 8 nitrogen and oxygen atoms in total. The Balaban J connectivity index is 0.00000240. The van der Waals surface area contributed by atoms with Gasteiger partial charge in [0.25, 0.3) is 0 Å². The van der Waals surface area contributed by atoms with Crippen LogP contribution in [0.2, 0.25) is 0 Å². The fourth-order valence-electron chi connectivity index (χ4n) is 2.94. The number of halogens is 1. The number of carbonyl (C=O) groups excluding carboxylic acids is 1. The van der Waals surface area contributed by atoms with E-state index < -0.39 is 6.03 Å². The number of ether oxygens (including phenoxy) is 1. The molecule has 1 atom stereocenters. The standard InChI is InChI=1S/C20H19N5O3.ClH/c1-27-14-8-6-13(7-9-14)12-17(23-20(26)24-18-10-11-28-25-18)19-21-15-4-2-3-5-16(15)22-19;/h2-11,17H,12H2,1H3,(H,21,22)(H2,23,24,25,26);1H/t17-;/m1./s1. The molecule has 4 aromatic rings. The lowest BCUT2D eigenvalue weighted by atomic mass is 10.1. The average molecular weight is 414 g/mol. The van der Waals surface area contributed by atoms with Crippen molar-refractivity contribution < 1.29 is 14.1 Å². The molecule has 150 valence electrons. The molecule has 0 aliphatic rings. The van der Waals surface area contributed by atoms with Gasteiger partial charge in [-0.25, -0.2) is 9.78 Å². The summed E-state index contributed by atoms with van der Waals surface area (Å²) in [5.74, 6) is 1.79. The number of nitrogens with one attached hydrogen (secondary N) is 3. The number of hydrogen-bond donors (Lipinski definition) is 3. The third kappa shape index (κ3) is 4.85. The molecule has 2 aromatic heterocycles. The minimum atomic E-state index is -0.395. The predicted molar refractivity (Wildman–Crippen MR) is 111 cm³/mol. The van der Waals surface area contributed by atoms with Gasteiger partial charge in [-0.1, -0.05) is 29.4 Å². The second-order valence-corrected chi connectivity index (χ2v) is 6.23. The van der Waals surface area contributed by atoms with Crippen molar-refractivity contribution in [3.8, 4) is 5.75 Å². The van der Waals surface area contributed by atoms with Gasteiger partial charge >= 0.3 is 6.03 Å². The molecule has 9 heteroatoms. The number of nitrogens with zero attached hydrogens (tertiary/aromatic N) is 2. The molecule has 0 aliphatic carbocycles. The second-order valence-electron chi connectivity index (χ2n) is 6.23. The van der Waals surface area contributed by atoms with Crippen LogP contribution >= 0.6 is 12.4 Å². The van der Waals surface area contributed by atoms with Crippen LogP contribution in [0, 0.1) is 0 Å². The number of hydrogen-bond acceptors (Lipinski definition) is 5. The van der Waals surface area contributed by atoms with E-state index >= 15 is 0 Å². The van der Waals surface area contributed by atoms with Crippen molar-refractivity contribution >= 4 is 35.3 Å². The third-order valence-electron chi connectivity index (χ3n) is 4.32. The maximum atomic E-state index is 12.4. The summed E-state index contributed by atoms with van der Waals surface area (Å²) >= 11 is 0. The maximum Gasteiger partial charge on any atom is 0.321 e. The molecule has 2 aromatic carbocycles. The van der Waals surface area contributed by atoms with Crippen LogP contribution in [0.5, 0.6) is 5.75 Å². The van der Waals surface area contributed by atoms with Gasteiger partial charge in [-0.15, -0.1) is 12.4 Å². The number of urea groups is 1. The number of anilines is 1. The van der Waals surface area contributed by atoms with Gasteiger partial charge in [0.05, 0.1) is 24.2 Å². The first-order chi connectivity index (χ1) is 13.7. The number of carbonyl (C=O) groups is 1. The summed E-state index contributed by atoms with van der Waals surface area (Å²) in [5, 5.41) is 9.29. The molecule has 0 saturated carbocycles. The van der Waals surface area contributed by atoms with Crippen LogP contribution in [-0.2, 0) is 6.42 Å². The van der Waals surface area contributed by atoms with E-state index in [1.54, 1.807) is 13.2 Å². The van der Waals surface area contributed by atoms with Gasteiger partial charge in [-0.05, 0) is 36.2 Å². The van der Waals surface area contributed by atoms with E-state index in [0.717, 1.165) is 22.3 Å².